The van der Waals surface area contributed by atoms with Crippen LogP contribution in [0.15, 0.2) is 6.33 Å². The Morgan fingerprint density at radius 3 is 3.23 bits per heavy atom. The lowest BCUT2D eigenvalue weighted by molar-refractivity contribution is 0.176. The third kappa shape index (κ3) is 1.71. The van der Waals surface area contributed by atoms with Gasteiger partial charge in [0.2, 0.25) is 0 Å². The molecule has 0 fully saturated rings. The van der Waals surface area contributed by atoms with E-state index < -0.39 is 0 Å². The van der Waals surface area contributed by atoms with E-state index in [1.165, 1.54) is 4.43 Å². The maximum Gasteiger partial charge on any atom is 0.149 e. The van der Waals surface area contributed by atoms with Crippen molar-refractivity contribution in [2.45, 2.75) is 19.5 Å². The molecule has 0 saturated heterocycles. The number of nitrogens with zero attached hydrogens (tertiary/aromatic N) is 4. The number of fused-ring (bicyclic) bond motifs is 1. The van der Waals surface area contributed by atoms with Crippen LogP contribution in [0, 0.1) is 0 Å². The second-order valence-electron chi connectivity index (χ2n) is 3.28. The Morgan fingerprint density at radius 2 is 2.46 bits per heavy atom. The first kappa shape index (κ1) is 9.39. The second kappa shape index (κ2) is 3.91. The van der Waals surface area contributed by atoms with E-state index >= 15 is 0 Å². The zero-order valence-corrected chi connectivity index (χ0v) is 9.81. The minimum atomic E-state index is 0.422. The van der Waals surface area contributed by atoms with Crippen molar-refractivity contribution in [2.24, 2.45) is 0 Å². The predicted octanol–water partition coefficient (Wildman–Crippen LogP) is 1.09. The van der Waals surface area contributed by atoms with E-state index in [9.17, 15) is 0 Å². The second-order valence-corrected chi connectivity index (χ2v) is 4.36. The number of halogens is 1. The Labute approximate surface area is 91.5 Å². The zero-order chi connectivity index (χ0) is 9.26. The Kier molecular flexibility index (Phi) is 2.83. The van der Waals surface area contributed by atoms with Crippen molar-refractivity contribution >= 4 is 22.6 Å². The van der Waals surface area contributed by atoms with Crippen LogP contribution in [-0.2, 0) is 6.54 Å². The highest BCUT2D eigenvalue weighted by atomic mass is 127. The van der Waals surface area contributed by atoms with Gasteiger partial charge in [-0.3, -0.25) is 4.90 Å². The molecule has 0 N–H and O–H groups in total. The molecule has 4 nitrogen and oxygen atoms in total. The lowest BCUT2D eigenvalue weighted by Crippen LogP contribution is -2.37. The summed E-state index contributed by atoms with van der Waals surface area (Å²) in [4.78, 5) is 2.45. The van der Waals surface area contributed by atoms with Gasteiger partial charge in [-0.1, -0.05) is 22.6 Å². The van der Waals surface area contributed by atoms with Gasteiger partial charge in [-0.2, -0.15) is 0 Å². The van der Waals surface area contributed by atoms with Gasteiger partial charge in [0.25, 0.3) is 0 Å². The van der Waals surface area contributed by atoms with Crippen molar-refractivity contribution < 1.29 is 0 Å². The van der Waals surface area contributed by atoms with Crippen molar-refractivity contribution in [1.82, 2.24) is 19.7 Å². The first-order valence-corrected chi connectivity index (χ1v) is 6.03. The summed E-state index contributed by atoms with van der Waals surface area (Å²) in [7, 11) is 0. The number of rotatable bonds is 2. The van der Waals surface area contributed by atoms with Crippen LogP contribution < -0.4 is 0 Å². The molecule has 13 heavy (non-hydrogen) atoms. The molecule has 0 bridgehead atoms. The summed E-state index contributed by atoms with van der Waals surface area (Å²) in [6.45, 7) is 5.50. The van der Waals surface area contributed by atoms with Gasteiger partial charge in [-0.15, -0.1) is 10.2 Å². The van der Waals surface area contributed by atoms with E-state index in [2.05, 4.69) is 49.2 Å². The Bertz CT molecular complexity index is 285. The monoisotopic (exact) mass is 292 g/mol. The summed E-state index contributed by atoms with van der Waals surface area (Å²) >= 11 is 2.41. The third-order valence-electron chi connectivity index (χ3n) is 2.57. The first-order chi connectivity index (χ1) is 6.33. The molecule has 1 unspecified atom stereocenters. The smallest absolute Gasteiger partial charge is 0.149 e. The standard InChI is InChI=1S/C8H13IN4/c1-7-8-11-10-6-13(8)5-4-12(7)3-2-9/h6-7H,2-5H2,1H3. The molecule has 0 radical (unpaired) electrons. The van der Waals surface area contributed by atoms with Crippen LogP contribution in [0.3, 0.4) is 0 Å². The van der Waals surface area contributed by atoms with Gasteiger partial charge in [0.15, 0.2) is 0 Å². The average molecular weight is 292 g/mol. The van der Waals surface area contributed by atoms with Crippen LogP contribution in [0.4, 0.5) is 0 Å². The lowest BCUT2D eigenvalue weighted by Gasteiger charge is -2.32. The van der Waals surface area contributed by atoms with E-state index in [1.807, 2.05) is 6.33 Å². The first-order valence-electron chi connectivity index (χ1n) is 4.50. The Hall–Kier alpha value is -0.170. The van der Waals surface area contributed by atoms with Gasteiger partial charge in [0, 0.05) is 24.1 Å². The molecule has 1 atom stereocenters. The average Bonchev–Trinajstić information content (AvgIpc) is 2.58. The highest BCUT2D eigenvalue weighted by Gasteiger charge is 2.24. The molecule has 1 aromatic heterocycles. The van der Waals surface area contributed by atoms with Crippen molar-refractivity contribution in [3.63, 3.8) is 0 Å². The minimum absolute atomic E-state index is 0.422. The Morgan fingerprint density at radius 1 is 1.62 bits per heavy atom. The SMILES string of the molecule is CC1c2nncn2CCN1CCI. The summed E-state index contributed by atoms with van der Waals surface area (Å²) in [6.07, 6.45) is 1.83. The van der Waals surface area contributed by atoms with E-state index in [-0.39, 0.29) is 0 Å². The predicted molar refractivity (Wildman–Crippen MR) is 58.9 cm³/mol. The van der Waals surface area contributed by atoms with Crippen molar-refractivity contribution in [1.29, 1.82) is 0 Å². The number of hydrogen-bond acceptors (Lipinski definition) is 3. The fourth-order valence-corrected chi connectivity index (χ4v) is 2.39. The van der Waals surface area contributed by atoms with Gasteiger partial charge >= 0.3 is 0 Å². The Balaban J connectivity index is 2.17. The van der Waals surface area contributed by atoms with Gasteiger partial charge in [0.1, 0.15) is 12.2 Å². The van der Waals surface area contributed by atoms with Crippen LogP contribution in [0.2, 0.25) is 0 Å². The van der Waals surface area contributed by atoms with Crippen LogP contribution in [0.1, 0.15) is 18.8 Å². The quantitative estimate of drug-likeness (QED) is 0.604. The topological polar surface area (TPSA) is 34.0 Å². The van der Waals surface area contributed by atoms with E-state index in [0.29, 0.717) is 6.04 Å². The fourth-order valence-electron chi connectivity index (χ4n) is 1.77. The highest BCUT2D eigenvalue weighted by molar-refractivity contribution is 14.1. The van der Waals surface area contributed by atoms with Gasteiger partial charge in [-0.25, -0.2) is 0 Å². The molecule has 0 aliphatic carbocycles. The molecule has 5 heteroatoms. The fraction of sp³-hybridized carbons (Fsp3) is 0.750. The van der Waals surface area contributed by atoms with E-state index in [1.54, 1.807) is 0 Å². The van der Waals surface area contributed by atoms with E-state index in [0.717, 1.165) is 25.5 Å². The minimum Gasteiger partial charge on any atom is -0.315 e. The molecule has 2 heterocycles. The van der Waals surface area contributed by atoms with Crippen LogP contribution in [0.25, 0.3) is 0 Å². The normalized spacial score (nSPS) is 23.1. The van der Waals surface area contributed by atoms with Crippen LogP contribution in [0.5, 0.6) is 0 Å². The van der Waals surface area contributed by atoms with Crippen molar-refractivity contribution in [3.8, 4) is 0 Å². The number of hydrogen-bond donors (Lipinski definition) is 0. The molecule has 1 aromatic rings. The molecular formula is C8H13IN4. The summed E-state index contributed by atoms with van der Waals surface area (Å²) in [5.41, 5.74) is 0. The maximum absolute atomic E-state index is 4.14. The number of aromatic nitrogens is 3. The summed E-state index contributed by atoms with van der Waals surface area (Å²) in [5, 5.41) is 8.07. The molecule has 0 saturated carbocycles. The molecule has 0 aromatic carbocycles. The zero-order valence-electron chi connectivity index (χ0n) is 7.65. The van der Waals surface area contributed by atoms with Crippen molar-refractivity contribution in [3.05, 3.63) is 12.2 Å². The van der Waals surface area contributed by atoms with E-state index in [4.69, 9.17) is 0 Å². The largest absolute Gasteiger partial charge is 0.315 e. The summed E-state index contributed by atoms with van der Waals surface area (Å²) in [6, 6.07) is 0.422. The molecule has 0 spiro atoms. The molecule has 1 aliphatic rings. The lowest BCUT2D eigenvalue weighted by atomic mass is 10.2. The summed E-state index contributed by atoms with van der Waals surface area (Å²) in [5.74, 6) is 1.11. The van der Waals surface area contributed by atoms with Crippen molar-refractivity contribution in [2.75, 3.05) is 17.5 Å². The molecular weight excluding hydrogens is 279 g/mol. The van der Waals surface area contributed by atoms with Gasteiger partial charge < -0.3 is 4.57 Å². The summed E-state index contributed by atoms with van der Waals surface area (Å²) < 4.78 is 3.32. The molecule has 2 rings (SSSR count). The molecule has 0 amide bonds. The van der Waals surface area contributed by atoms with Crippen LogP contribution in [-0.4, -0.2) is 37.2 Å². The van der Waals surface area contributed by atoms with Gasteiger partial charge in [-0.05, 0) is 6.92 Å². The molecule has 1 aliphatic heterocycles. The number of alkyl halides is 1. The molecule has 72 valence electrons. The van der Waals surface area contributed by atoms with Crippen LogP contribution >= 0.6 is 22.6 Å². The van der Waals surface area contributed by atoms with Gasteiger partial charge in [0.05, 0.1) is 6.04 Å². The maximum atomic E-state index is 4.14. The highest BCUT2D eigenvalue weighted by Crippen LogP contribution is 2.21. The third-order valence-corrected chi connectivity index (χ3v) is 3.05.